The molecule has 2 rings (SSSR count). The van der Waals surface area contributed by atoms with Gasteiger partial charge in [0.1, 0.15) is 0 Å². The van der Waals surface area contributed by atoms with Crippen molar-refractivity contribution in [2.24, 2.45) is 0 Å². The van der Waals surface area contributed by atoms with E-state index in [0.29, 0.717) is 11.6 Å². The van der Waals surface area contributed by atoms with Gasteiger partial charge in [-0.2, -0.15) is 5.26 Å². The minimum absolute atomic E-state index is 0.512. The van der Waals surface area contributed by atoms with Crippen LogP contribution in [0.2, 0.25) is 0 Å². The van der Waals surface area contributed by atoms with Crippen LogP contribution in [0.3, 0.4) is 0 Å². The van der Waals surface area contributed by atoms with E-state index in [1.165, 1.54) is 0 Å². The zero-order valence-electron chi connectivity index (χ0n) is 10.8. The van der Waals surface area contributed by atoms with E-state index in [4.69, 9.17) is 5.26 Å². The van der Waals surface area contributed by atoms with Crippen LogP contribution in [0.4, 0.5) is 5.69 Å². The highest BCUT2D eigenvalue weighted by Crippen LogP contribution is 2.10. The first-order chi connectivity index (χ1) is 8.79. The number of nitrogens with one attached hydrogen (secondary N) is 2. The first kappa shape index (κ1) is 12.9. The van der Waals surface area contributed by atoms with Crippen LogP contribution < -0.4 is 10.6 Å². The van der Waals surface area contributed by atoms with E-state index in [9.17, 15) is 0 Å². The van der Waals surface area contributed by atoms with E-state index >= 15 is 0 Å². The first-order valence-electron chi connectivity index (χ1n) is 6.48. The summed E-state index contributed by atoms with van der Waals surface area (Å²) in [7, 11) is 0. The van der Waals surface area contributed by atoms with Gasteiger partial charge in [0, 0.05) is 44.5 Å². The Bertz CT molecular complexity index is 418. The number of nitrogens with zero attached hydrogens (tertiary/aromatic N) is 2. The highest BCUT2D eigenvalue weighted by atomic mass is 15.2. The summed E-state index contributed by atoms with van der Waals surface area (Å²) in [4.78, 5) is 2.48. The standard InChI is InChI=1S/C14H20N4/c1-12(18-7-5-16-6-8-18)11-17-14-4-2-3-13(9-14)10-15/h2-4,9,12,16-17H,5-8,11H2,1H3. The van der Waals surface area contributed by atoms with Gasteiger partial charge >= 0.3 is 0 Å². The van der Waals surface area contributed by atoms with Crippen molar-refractivity contribution < 1.29 is 0 Å². The molecule has 4 heteroatoms. The summed E-state index contributed by atoms with van der Waals surface area (Å²) in [5.74, 6) is 0. The van der Waals surface area contributed by atoms with Gasteiger partial charge in [-0.05, 0) is 25.1 Å². The molecule has 0 amide bonds. The lowest BCUT2D eigenvalue weighted by Gasteiger charge is -2.33. The lowest BCUT2D eigenvalue weighted by molar-refractivity contribution is 0.191. The van der Waals surface area contributed by atoms with E-state index in [0.717, 1.165) is 38.4 Å². The van der Waals surface area contributed by atoms with Gasteiger partial charge < -0.3 is 10.6 Å². The molecule has 1 aromatic carbocycles. The van der Waals surface area contributed by atoms with Crippen LogP contribution in [0.15, 0.2) is 24.3 Å². The second-order valence-electron chi connectivity index (χ2n) is 4.71. The third-order valence-electron chi connectivity index (χ3n) is 3.37. The molecule has 1 unspecified atom stereocenters. The largest absolute Gasteiger partial charge is 0.383 e. The third-order valence-corrected chi connectivity index (χ3v) is 3.37. The molecule has 0 saturated carbocycles. The van der Waals surface area contributed by atoms with E-state index < -0.39 is 0 Å². The average Bonchev–Trinajstić information content (AvgIpc) is 2.46. The fraction of sp³-hybridized carbons (Fsp3) is 0.500. The second kappa shape index (κ2) is 6.39. The van der Waals surface area contributed by atoms with Gasteiger partial charge in [-0.25, -0.2) is 0 Å². The Morgan fingerprint density at radius 3 is 2.94 bits per heavy atom. The normalized spacial score (nSPS) is 18.0. The monoisotopic (exact) mass is 244 g/mol. The zero-order chi connectivity index (χ0) is 12.8. The van der Waals surface area contributed by atoms with Crippen molar-refractivity contribution in [2.45, 2.75) is 13.0 Å². The zero-order valence-corrected chi connectivity index (χ0v) is 10.8. The first-order valence-corrected chi connectivity index (χ1v) is 6.48. The molecule has 1 saturated heterocycles. The molecule has 1 atom stereocenters. The topological polar surface area (TPSA) is 51.1 Å². The van der Waals surface area contributed by atoms with Crippen LogP contribution in [-0.2, 0) is 0 Å². The fourth-order valence-corrected chi connectivity index (χ4v) is 2.22. The predicted molar refractivity (Wildman–Crippen MR) is 73.6 cm³/mol. The van der Waals surface area contributed by atoms with Crippen molar-refractivity contribution in [1.29, 1.82) is 5.26 Å². The van der Waals surface area contributed by atoms with Crippen molar-refractivity contribution in [3.63, 3.8) is 0 Å². The van der Waals surface area contributed by atoms with Crippen LogP contribution >= 0.6 is 0 Å². The molecule has 0 spiro atoms. The smallest absolute Gasteiger partial charge is 0.0992 e. The van der Waals surface area contributed by atoms with Crippen LogP contribution in [0, 0.1) is 11.3 Å². The Hall–Kier alpha value is -1.57. The number of hydrogen-bond donors (Lipinski definition) is 2. The fourth-order valence-electron chi connectivity index (χ4n) is 2.22. The lowest BCUT2D eigenvalue weighted by Crippen LogP contribution is -2.49. The predicted octanol–water partition coefficient (Wildman–Crippen LogP) is 1.26. The molecule has 0 bridgehead atoms. The van der Waals surface area contributed by atoms with Crippen LogP contribution in [0.25, 0.3) is 0 Å². The summed E-state index contributed by atoms with van der Waals surface area (Å²) in [6.07, 6.45) is 0. The Balaban J connectivity index is 1.84. The van der Waals surface area contributed by atoms with Gasteiger partial charge in [-0.1, -0.05) is 6.07 Å². The summed E-state index contributed by atoms with van der Waals surface area (Å²) in [5, 5.41) is 15.6. The maximum Gasteiger partial charge on any atom is 0.0992 e. The highest BCUT2D eigenvalue weighted by Gasteiger charge is 2.15. The maximum absolute atomic E-state index is 8.85. The molecule has 1 heterocycles. The molecular formula is C14H20N4. The molecule has 96 valence electrons. The van der Waals surface area contributed by atoms with Crippen LogP contribution in [0.1, 0.15) is 12.5 Å². The van der Waals surface area contributed by atoms with Gasteiger partial charge in [-0.3, -0.25) is 4.90 Å². The molecule has 18 heavy (non-hydrogen) atoms. The minimum Gasteiger partial charge on any atom is -0.383 e. The van der Waals surface area contributed by atoms with E-state index in [2.05, 4.69) is 28.5 Å². The van der Waals surface area contributed by atoms with Crippen molar-refractivity contribution in [1.82, 2.24) is 10.2 Å². The number of rotatable bonds is 4. The number of benzene rings is 1. The van der Waals surface area contributed by atoms with E-state index in [1.807, 2.05) is 24.3 Å². The van der Waals surface area contributed by atoms with E-state index in [1.54, 1.807) is 0 Å². The van der Waals surface area contributed by atoms with Crippen molar-refractivity contribution in [2.75, 3.05) is 38.0 Å². The summed E-state index contributed by atoms with van der Waals surface area (Å²) >= 11 is 0. The molecule has 2 N–H and O–H groups in total. The summed E-state index contributed by atoms with van der Waals surface area (Å²) in [6, 6.07) is 10.3. The van der Waals surface area contributed by atoms with Crippen molar-refractivity contribution >= 4 is 5.69 Å². The Kier molecular flexibility index (Phi) is 4.57. The number of piperazine rings is 1. The van der Waals surface area contributed by atoms with Crippen LogP contribution in [0.5, 0.6) is 0 Å². The summed E-state index contributed by atoms with van der Waals surface area (Å²) in [5.41, 5.74) is 1.73. The molecule has 0 radical (unpaired) electrons. The number of hydrogen-bond acceptors (Lipinski definition) is 4. The van der Waals surface area contributed by atoms with Crippen molar-refractivity contribution in [3.05, 3.63) is 29.8 Å². The molecule has 4 nitrogen and oxygen atoms in total. The molecule has 1 fully saturated rings. The molecule has 0 aromatic heterocycles. The molecular weight excluding hydrogens is 224 g/mol. The summed E-state index contributed by atoms with van der Waals surface area (Å²) in [6.45, 7) is 7.53. The number of anilines is 1. The van der Waals surface area contributed by atoms with E-state index in [-0.39, 0.29) is 0 Å². The third kappa shape index (κ3) is 3.46. The molecule has 1 aromatic rings. The van der Waals surface area contributed by atoms with Crippen molar-refractivity contribution in [3.8, 4) is 6.07 Å². The summed E-state index contributed by atoms with van der Waals surface area (Å²) < 4.78 is 0. The Labute approximate surface area is 109 Å². The van der Waals surface area contributed by atoms with Gasteiger partial charge in [0.05, 0.1) is 11.6 Å². The highest BCUT2D eigenvalue weighted by molar-refractivity contribution is 5.49. The van der Waals surface area contributed by atoms with Gasteiger partial charge in [0.25, 0.3) is 0 Å². The average molecular weight is 244 g/mol. The quantitative estimate of drug-likeness (QED) is 0.837. The molecule has 1 aliphatic rings. The Morgan fingerprint density at radius 1 is 1.44 bits per heavy atom. The second-order valence-corrected chi connectivity index (χ2v) is 4.71. The number of nitriles is 1. The SMILES string of the molecule is CC(CNc1cccc(C#N)c1)N1CCNCC1. The lowest BCUT2D eigenvalue weighted by atomic mass is 10.2. The maximum atomic E-state index is 8.85. The minimum atomic E-state index is 0.512. The van der Waals surface area contributed by atoms with Gasteiger partial charge in [0.15, 0.2) is 0 Å². The van der Waals surface area contributed by atoms with Crippen LogP contribution in [-0.4, -0.2) is 43.7 Å². The molecule has 1 aliphatic heterocycles. The van der Waals surface area contributed by atoms with Gasteiger partial charge in [0.2, 0.25) is 0 Å². The molecule has 0 aliphatic carbocycles. The van der Waals surface area contributed by atoms with Gasteiger partial charge in [-0.15, -0.1) is 0 Å². The Morgan fingerprint density at radius 2 is 2.22 bits per heavy atom.